The van der Waals surface area contributed by atoms with E-state index in [4.69, 9.17) is 0 Å². The Kier molecular flexibility index (Phi) is 4.63. The maximum Gasteiger partial charge on any atom is 0.253 e. The van der Waals surface area contributed by atoms with Crippen LogP contribution in [0.1, 0.15) is 30.1 Å². The molecule has 2 N–H and O–H groups in total. The summed E-state index contributed by atoms with van der Waals surface area (Å²) >= 11 is 0. The summed E-state index contributed by atoms with van der Waals surface area (Å²) in [5.74, 6) is 0.00822. The SMILES string of the molecule is CN(C)C(=O)c1ccc(NC(=O)C2(C)CCNCC2)cc1. The van der Waals surface area contributed by atoms with Crippen LogP contribution in [-0.4, -0.2) is 43.9 Å². The van der Waals surface area contributed by atoms with Crippen LogP contribution in [0.3, 0.4) is 0 Å². The van der Waals surface area contributed by atoms with Crippen LogP contribution in [0, 0.1) is 5.41 Å². The number of anilines is 1. The van der Waals surface area contributed by atoms with Crippen molar-refractivity contribution in [1.29, 1.82) is 0 Å². The maximum atomic E-state index is 12.4. The number of hydrogen-bond donors (Lipinski definition) is 2. The van der Waals surface area contributed by atoms with Crippen molar-refractivity contribution in [2.45, 2.75) is 19.8 Å². The smallest absolute Gasteiger partial charge is 0.253 e. The molecule has 1 aromatic rings. The number of rotatable bonds is 3. The lowest BCUT2D eigenvalue weighted by Crippen LogP contribution is -2.42. The molecule has 0 saturated carbocycles. The van der Waals surface area contributed by atoms with Crippen molar-refractivity contribution >= 4 is 17.5 Å². The first-order valence-corrected chi connectivity index (χ1v) is 7.26. The van der Waals surface area contributed by atoms with Gasteiger partial charge < -0.3 is 15.5 Å². The van der Waals surface area contributed by atoms with Gasteiger partial charge in [-0.2, -0.15) is 0 Å². The van der Waals surface area contributed by atoms with E-state index in [-0.39, 0.29) is 17.2 Å². The van der Waals surface area contributed by atoms with Crippen LogP contribution in [0.2, 0.25) is 0 Å². The van der Waals surface area contributed by atoms with Crippen molar-refractivity contribution in [2.75, 3.05) is 32.5 Å². The van der Waals surface area contributed by atoms with Crippen molar-refractivity contribution in [3.8, 4) is 0 Å². The summed E-state index contributed by atoms with van der Waals surface area (Å²) in [7, 11) is 3.44. The largest absolute Gasteiger partial charge is 0.345 e. The number of hydrogen-bond acceptors (Lipinski definition) is 3. The highest BCUT2D eigenvalue weighted by molar-refractivity contribution is 5.97. The van der Waals surface area contributed by atoms with E-state index >= 15 is 0 Å². The van der Waals surface area contributed by atoms with Gasteiger partial charge in [0.2, 0.25) is 5.91 Å². The molecule has 2 rings (SSSR count). The molecule has 21 heavy (non-hydrogen) atoms. The second-order valence-electron chi connectivity index (χ2n) is 6.04. The van der Waals surface area contributed by atoms with Gasteiger partial charge in [0.25, 0.3) is 5.91 Å². The van der Waals surface area contributed by atoms with E-state index in [0.29, 0.717) is 5.56 Å². The minimum atomic E-state index is -0.316. The molecule has 2 amide bonds. The van der Waals surface area contributed by atoms with Gasteiger partial charge in [-0.25, -0.2) is 0 Å². The highest BCUT2D eigenvalue weighted by atomic mass is 16.2. The Morgan fingerprint density at radius 1 is 1.14 bits per heavy atom. The molecular formula is C16H23N3O2. The first-order valence-electron chi connectivity index (χ1n) is 7.26. The molecular weight excluding hydrogens is 266 g/mol. The van der Waals surface area contributed by atoms with Crippen molar-refractivity contribution in [3.05, 3.63) is 29.8 Å². The molecule has 0 spiro atoms. The minimum absolute atomic E-state index is 0.0433. The summed E-state index contributed by atoms with van der Waals surface area (Å²) in [6.07, 6.45) is 1.69. The molecule has 5 nitrogen and oxygen atoms in total. The predicted molar refractivity (Wildman–Crippen MR) is 83.3 cm³/mol. The molecule has 0 bridgehead atoms. The Labute approximate surface area is 125 Å². The fourth-order valence-corrected chi connectivity index (χ4v) is 2.44. The third kappa shape index (κ3) is 3.61. The molecule has 114 valence electrons. The van der Waals surface area contributed by atoms with Crippen molar-refractivity contribution in [3.63, 3.8) is 0 Å². The average Bonchev–Trinajstić information content (AvgIpc) is 2.48. The summed E-state index contributed by atoms with van der Waals surface area (Å²) in [5, 5.41) is 6.22. The van der Waals surface area contributed by atoms with E-state index in [9.17, 15) is 9.59 Å². The van der Waals surface area contributed by atoms with Crippen molar-refractivity contribution in [2.24, 2.45) is 5.41 Å². The summed E-state index contributed by atoms with van der Waals surface area (Å²) in [6, 6.07) is 7.03. The Hall–Kier alpha value is -1.88. The van der Waals surface area contributed by atoms with E-state index in [1.54, 1.807) is 38.4 Å². The summed E-state index contributed by atoms with van der Waals surface area (Å²) in [4.78, 5) is 25.7. The van der Waals surface area contributed by atoms with Crippen LogP contribution >= 0.6 is 0 Å². The number of benzene rings is 1. The highest BCUT2D eigenvalue weighted by Gasteiger charge is 2.34. The number of amides is 2. The van der Waals surface area contributed by atoms with Crippen LogP contribution in [0.25, 0.3) is 0 Å². The highest BCUT2D eigenvalue weighted by Crippen LogP contribution is 2.29. The zero-order chi connectivity index (χ0) is 15.5. The van der Waals surface area contributed by atoms with Crippen LogP contribution < -0.4 is 10.6 Å². The summed E-state index contributed by atoms with van der Waals surface area (Å²) in [6.45, 7) is 3.76. The van der Waals surface area contributed by atoms with E-state index < -0.39 is 0 Å². The molecule has 1 aliphatic heterocycles. The van der Waals surface area contributed by atoms with Gasteiger partial charge in [-0.05, 0) is 50.2 Å². The van der Waals surface area contributed by atoms with Crippen LogP contribution in [0.15, 0.2) is 24.3 Å². The number of nitrogens with one attached hydrogen (secondary N) is 2. The van der Waals surface area contributed by atoms with Gasteiger partial charge in [-0.1, -0.05) is 6.92 Å². The standard InChI is InChI=1S/C16H23N3O2/c1-16(8-10-17-11-9-16)15(21)18-13-6-4-12(5-7-13)14(20)19(2)3/h4-7,17H,8-11H2,1-3H3,(H,18,21). The zero-order valence-corrected chi connectivity index (χ0v) is 12.9. The molecule has 1 heterocycles. The second kappa shape index (κ2) is 6.26. The zero-order valence-electron chi connectivity index (χ0n) is 12.9. The molecule has 0 aromatic heterocycles. The maximum absolute atomic E-state index is 12.4. The molecule has 1 aromatic carbocycles. The topological polar surface area (TPSA) is 61.4 Å². The average molecular weight is 289 g/mol. The summed E-state index contributed by atoms with van der Waals surface area (Å²) in [5.41, 5.74) is 1.03. The Balaban J connectivity index is 2.03. The summed E-state index contributed by atoms with van der Waals surface area (Å²) < 4.78 is 0. The molecule has 0 atom stereocenters. The first-order chi connectivity index (χ1) is 9.92. The van der Waals surface area contributed by atoms with E-state index in [2.05, 4.69) is 10.6 Å². The van der Waals surface area contributed by atoms with Crippen molar-refractivity contribution < 1.29 is 9.59 Å². The third-order valence-corrected chi connectivity index (χ3v) is 4.05. The molecule has 0 radical (unpaired) electrons. The lowest BCUT2D eigenvalue weighted by molar-refractivity contribution is -0.126. The van der Waals surface area contributed by atoms with E-state index in [1.807, 2.05) is 6.92 Å². The van der Waals surface area contributed by atoms with Gasteiger partial charge in [-0.15, -0.1) is 0 Å². The number of nitrogens with zero attached hydrogens (tertiary/aromatic N) is 1. The number of carbonyl (C=O) groups is 2. The Morgan fingerprint density at radius 2 is 1.71 bits per heavy atom. The van der Waals surface area contributed by atoms with Crippen LogP contribution in [0.5, 0.6) is 0 Å². The van der Waals surface area contributed by atoms with E-state index in [0.717, 1.165) is 31.6 Å². The molecule has 1 aliphatic rings. The minimum Gasteiger partial charge on any atom is -0.345 e. The molecule has 0 unspecified atom stereocenters. The molecule has 0 aliphatic carbocycles. The number of piperidine rings is 1. The van der Waals surface area contributed by atoms with Crippen molar-refractivity contribution in [1.82, 2.24) is 10.2 Å². The Bertz CT molecular complexity index is 517. The normalized spacial score (nSPS) is 17.1. The lowest BCUT2D eigenvalue weighted by Gasteiger charge is -2.32. The van der Waals surface area contributed by atoms with Gasteiger partial charge in [0.15, 0.2) is 0 Å². The van der Waals surface area contributed by atoms with Gasteiger partial charge >= 0.3 is 0 Å². The number of carbonyl (C=O) groups excluding carboxylic acids is 2. The third-order valence-electron chi connectivity index (χ3n) is 4.05. The first kappa shape index (κ1) is 15.5. The second-order valence-corrected chi connectivity index (χ2v) is 6.04. The van der Waals surface area contributed by atoms with Gasteiger partial charge in [0, 0.05) is 30.8 Å². The molecule has 5 heteroatoms. The lowest BCUT2D eigenvalue weighted by atomic mass is 9.80. The molecule has 1 saturated heterocycles. The van der Waals surface area contributed by atoms with Gasteiger partial charge in [0.05, 0.1) is 0 Å². The van der Waals surface area contributed by atoms with Gasteiger partial charge in [-0.3, -0.25) is 9.59 Å². The Morgan fingerprint density at radius 3 is 2.24 bits per heavy atom. The van der Waals surface area contributed by atoms with Crippen LogP contribution in [-0.2, 0) is 4.79 Å². The quantitative estimate of drug-likeness (QED) is 0.890. The van der Waals surface area contributed by atoms with Gasteiger partial charge in [0.1, 0.15) is 0 Å². The fourth-order valence-electron chi connectivity index (χ4n) is 2.44. The van der Waals surface area contributed by atoms with E-state index in [1.165, 1.54) is 4.90 Å². The monoisotopic (exact) mass is 289 g/mol. The molecule has 1 fully saturated rings. The van der Waals surface area contributed by atoms with Crippen LogP contribution in [0.4, 0.5) is 5.69 Å². The predicted octanol–water partition coefficient (Wildman–Crippen LogP) is 1.72. The fraction of sp³-hybridized carbons (Fsp3) is 0.500.